The number of nitrogens with one attached hydrogen (secondary N) is 2. The summed E-state index contributed by atoms with van der Waals surface area (Å²) in [4.78, 5) is 33.3. The number of nitrogens with zero attached hydrogens (tertiary/aromatic N) is 2. The second-order valence-corrected chi connectivity index (χ2v) is 5.68. The molecule has 9 nitrogen and oxygen atoms in total. The van der Waals surface area contributed by atoms with Gasteiger partial charge >= 0.3 is 5.97 Å². The van der Waals surface area contributed by atoms with E-state index >= 15 is 0 Å². The quantitative estimate of drug-likeness (QED) is 0.290. The van der Waals surface area contributed by atoms with Gasteiger partial charge in [-0.3, -0.25) is 14.9 Å². The highest BCUT2D eigenvalue weighted by Gasteiger charge is 2.24. The summed E-state index contributed by atoms with van der Waals surface area (Å²) in [5, 5.41) is 33.8. The first-order valence-corrected chi connectivity index (χ1v) is 7.39. The summed E-state index contributed by atoms with van der Waals surface area (Å²) in [5.74, 6) is -2.51. The average Bonchev–Trinajstić information content (AvgIpc) is 2.53. The van der Waals surface area contributed by atoms with Crippen molar-refractivity contribution < 1.29 is 19.6 Å². The Morgan fingerprint density at radius 1 is 1.44 bits per heavy atom. The Labute approximate surface area is 148 Å². The molecule has 1 rings (SSSR count). The third-order valence-electron chi connectivity index (χ3n) is 3.12. The first kappa shape index (κ1) is 19.9. The van der Waals surface area contributed by atoms with Crippen molar-refractivity contribution >= 4 is 34.9 Å². The summed E-state index contributed by atoms with van der Waals surface area (Å²) in [5.41, 5.74) is -0.515. The second kappa shape index (κ2) is 8.65. The molecule has 1 unspecified atom stereocenters. The topological polar surface area (TPSA) is 145 Å². The largest absolute Gasteiger partial charge is 0.480 e. The van der Waals surface area contributed by atoms with Gasteiger partial charge in [0, 0.05) is 18.3 Å². The van der Waals surface area contributed by atoms with Gasteiger partial charge in [-0.05, 0) is 12.0 Å². The Morgan fingerprint density at radius 3 is 2.56 bits per heavy atom. The monoisotopic (exact) mass is 366 g/mol. The first-order valence-electron chi connectivity index (χ1n) is 7.01. The molecule has 3 N–H and O–H groups in total. The van der Waals surface area contributed by atoms with Crippen LogP contribution in [0.4, 0.5) is 11.4 Å². The van der Waals surface area contributed by atoms with Crippen molar-refractivity contribution in [1.29, 1.82) is 5.26 Å². The molecule has 0 radical (unpaired) electrons. The molecule has 0 saturated carbocycles. The minimum Gasteiger partial charge on any atom is -0.480 e. The molecule has 1 aromatic rings. The maximum atomic E-state index is 12.0. The summed E-state index contributed by atoms with van der Waals surface area (Å²) in [6.07, 6.45) is 1.000. The minimum atomic E-state index is -1.23. The second-order valence-electron chi connectivity index (χ2n) is 5.27. The van der Waals surface area contributed by atoms with Gasteiger partial charge in [0.2, 0.25) is 0 Å². The van der Waals surface area contributed by atoms with E-state index in [1.807, 2.05) is 0 Å². The van der Waals surface area contributed by atoms with Crippen LogP contribution in [0.15, 0.2) is 30.0 Å². The van der Waals surface area contributed by atoms with E-state index < -0.39 is 28.4 Å². The zero-order valence-electron chi connectivity index (χ0n) is 13.3. The molecule has 10 heteroatoms. The SMILES string of the molecule is CC(C)C(NC(=O)/C(C#N)=C\Nc1cc([N+](=O)[O-])ccc1Cl)C(=O)O. The van der Waals surface area contributed by atoms with E-state index in [-0.39, 0.29) is 22.3 Å². The van der Waals surface area contributed by atoms with Gasteiger partial charge < -0.3 is 15.7 Å². The Bertz CT molecular complexity index is 770. The molecule has 0 aromatic heterocycles. The van der Waals surface area contributed by atoms with Gasteiger partial charge in [0.15, 0.2) is 0 Å². The fraction of sp³-hybridized carbons (Fsp3) is 0.267. The van der Waals surface area contributed by atoms with Crippen molar-refractivity contribution in [2.24, 2.45) is 5.92 Å². The number of nitro benzene ring substituents is 1. The van der Waals surface area contributed by atoms with Crippen molar-refractivity contribution in [3.8, 4) is 6.07 Å². The van der Waals surface area contributed by atoms with Crippen molar-refractivity contribution in [2.45, 2.75) is 19.9 Å². The molecule has 0 fully saturated rings. The van der Waals surface area contributed by atoms with Crippen LogP contribution in [-0.2, 0) is 9.59 Å². The third kappa shape index (κ3) is 5.47. The first-order chi connectivity index (χ1) is 11.7. The van der Waals surface area contributed by atoms with Crippen LogP contribution < -0.4 is 10.6 Å². The molecular formula is C15H15ClN4O5. The zero-order valence-corrected chi connectivity index (χ0v) is 14.1. The van der Waals surface area contributed by atoms with Crippen molar-refractivity contribution in [3.63, 3.8) is 0 Å². The predicted molar refractivity (Wildman–Crippen MR) is 89.8 cm³/mol. The molecule has 1 atom stereocenters. The molecule has 1 aromatic carbocycles. The van der Waals surface area contributed by atoms with Crippen LogP contribution in [0.2, 0.25) is 5.02 Å². The van der Waals surface area contributed by atoms with Crippen LogP contribution in [-0.4, -0.2) is 27.9 Å². The van der Waals surface area contributed by atoms with Gasteiger partial charge in [-0.25, -0.2) is 4.79 Å². The summed E-state index contributed by atoms with van der Waals surface area (Å²) in [6.45, 7) is 3.21. The maximum Gasteiger partial charge on any atom is 0.326 e. The van der Waals surface area contributed by atoms with E-state index in [1.54, 1.807) is 19.9 Å². The van der Waals surface area contributed by atoms with Gasteiger partial charge in [-0.1, -0.05) is 25.4 Å². The van der Waals surface area contributed by atoms with Crippen molar-refractivity contribution in [1.82, 2.24) is 5.32 Å². The lowest BCUT2D eigenvalue weighted by Crippen LogP contribution is -2.44. The number of halogens is 1. The number of carbonyl (C=O) groups excluding carboxylic acids is 1. The highest BCUT2D eigenvalue weighted by Crippen LogP contribution is 2.26. The maximum absolute atomic E-state index is 12.0. The van der Waals surface area contributed by atoms with Gasteiger partial charge in [0.05, 0.1) is 15.6 Å². The molecule has 0 spiro atoms. The molecule has 0 heterocycles. The molecule has 0 saturated heterocycles. The lowest BCUT2D eigenvalue weighted by Gasteiger charge is -2.17. The Kier molecular flexibility index (Phi) is 6.90. The number of carboxylic acid groups (broad SMARTS) is 1. The zero-order chi connectivity index (χ0) is 19.1. The van der Waals surface area contributed by atoms with E-state index in [0.717, 1.165) is 12.3 Å². The number of carbonyl (C=O) groups is 2. The molecule has 0 aliphatic heterocycles. The fourth-order valence-electron chi connectivity index (χ4n) is 1.77. The van der Waals surface area contributed by atoms with E-state index in [1.165, 1.54) is 12.1 Å². The molecule has 1 amide bonds. The van der Waals surface area contributed by atoms with Gasteiger partial charge in [0.1, 0.15) is 17.7 Å². The molecule has 0 aliphatic carbocycles. The third-order valence-corrected chi connectivity index (χ3v) is 3.45. The molecule has 0 aliphatic rings. The fourth-order valence-corrected chi connectivity index (χ4v) is 1.94. The lowest BCUT2D eigenvalue weighted by molar-refractivity contribution is -0.384. The molecule has 0 bridgehead atoms. The number of hydrogen-bond acceptors (Lipinski definition) is 6. The number of carboxylic acids is 1. The number of anilines is 1. The van der Waals surface area contributed by atoms with Gasteiger partial charge in [-0.2, -0.15) is 5.26 Å². The van der Waals surface area contributed by atoms with E-state index in [0.29, 0.717) is 0 Å². The summed E-state index contributed by atoms with van der Waals surface area (Å²) in [6, 6.07) is 4.10. The number of nitriles is 1. The van der Waals surface area contributed by atoms with Gasteiger partial charge in [-0.15, -0.1) is 0 Å². The van der Waals surface area contributed by atoms with E-state index in [2.05, 4.69) is 10.6 Å². The number of rotatable bonds is 7. The standard InChI is InChI=1S/C15H15ClN4O5/c1-8(2)13(15(22)23)19-14(21)9(6-17)7-18-12-5-10(20(24)25)3-4-11(12)16/h3-5,7-8,13,18H,1-2H3,(H,19,21)(H,22,23)/b9-7-. The van der Waals surface area contributed by atoms with Crippen LogP contribution in [0.3, 0.4) is 0 Å². The number of nitro groups is 1. The van der Waals surface area contributed by atoms with Crippen LogP contribution in [0.1, 0.15) is 13.8 Å². The van der Waals surface area contributed by atoms with Crippen LogP contribution in [0.5, 0.6) is 0 Å². The van der Waals surface area contributed by atoms with Crippen molar-refractivity contribution in [3.05, 3.63) is 45.1 Å². The molecule has 132 valence electrons. The smallest absolute Gasteiger partial charge is 0.326 e. The highest BCUT2D eigenvalue weighted by molar-refractivity contribution is 6.33. The number of hydrogen-bond donors (Lipinski definition) is 3. The Morgan fingerprint density at radius 2 is 2.08 bits per heavy atom. The summed E-state index contributed by atoms with van der Waals surface area (Å²) in [7, 11) is 0. The number of amides is 1. The van der Waals surface area contributed by atoms with Crippen molar-refractivity contribution in [2.75, 3.05) is 5.32 Å². The average molecular weight is 367 g/mol. The molecular weight excluding hydrogens is 352 g/mol. The van der Waals surface area contributed by atoms with Crippen LogP contribution >= 0.6 is 11.6 Å². The van der Waals surface area contributed by atoms with Crippen LogP contribution in [0, 0.1) is 27.4 Å². The highest BCUT2D eigenvalue weighted by atomic mass is 35.5. The summed E-state index contributed by atoms with van der Waals surface area (Å²) >= 11 is 5.90. The van der Waals surface area contributed by atoms with Gasteiger partial charge in [0.25, 0.3) is 11.6 Å². The number of aliphatic carboxylic acids is 1. The lowest BCUT2D eigenvalue weighted by atomic mass is 10.0. The predicted octanol–water partition coefficient (Wildman–Crippen LogP) is 2.29. The van der Waals surface area contributed by atoms with E-state index in [4.69, 9.17) is 22.0 Å². The minimum absolute atomic E-state index is 0.120. The molecule has 25 heavy (non-hydrogen) atoms. The summed E-state index contributed by atoms with van der Waals surface area (Å²) < 4.78 is 0. The number of non-ortho nitro benzene ring substituents is 1. The Hall–Kier alpha value is -3.12. The van der Waals surface area contributed by atoms with Crippen LogP contribution in [0.25, 0.3) is 0 Å². The Balaban J connectivity index is 2.99. The normalized spacial score (nSPS) is 12.2. The van der Waals surface area contributed by atoms with E-state index in [9.17, 15) is 19.7 Å². The number of benzene rings is 1.